The number of hydrogen-bond acceptors (Lipinski definition) is 5. The highest BCUT2D eigenvalue weighted by molar-refractivity contribution is 6.04. The molecule has 1 amide bonds. The Labute approximate surface area is 138 Å². The summed E-state index contributed by atoms with van der Waals surface area (Å²) in [5.41, 5.74) is 1.12. The fourth-order valence-electron chi connectivity index (χ4n) is 2.40. The summed E-state index contributed by atoms with van der Waals surface area (Å²) in [6, 6.07) is 8.81. The molecule has 1 aromatic carbocycles. The van der Waals surface area contributed by atoms with Crippen molar-refractivity contribution in [3.63, 3.8) is 0 Å². The molecule has 7 heteroatoms. The molecule has 0 radical (unpaired) electrons. The van der Waals surface area contributed by atoms with Gasteiger partial charge in [-0.25, -0.2) is 4.98 Å². The van der Waals surface area contributed by atoms with Crippen molar-refractivity contribution in [3.8, 4) is 17.2 Å². The number of aromatic nitrogens is 2. The number of nitrogens with zero attached hydrogens (tertiary/aromatic N) is 2. The Balaban J connectivity index is 1.91. The second-order valence-corrected chi connectivity index (χ2v) is 4.96. The zero-order valence-corrected chi connectivity index (χ0v) is 13.6. The number of methoxy groups -OCH3 is 3. The van der Waals surface area contributed by atoms with Crippen molar-refractivity contribution in [2.45, 2.75) is 0 Å². The summed E-state index contributed by atoms with van der Waals surface area (Å²) >= 11 is 0. The van der Waals surface area contributed by atoms with E-state index in [9.17, 15) is 4.79 Å². The molecular weight excluding hydrogens is 310 g/mol. The van der Waals surface area contributed by atoms with Crippen LogP contribution in [0, 0.1) is 0 Å². The Hall–Kier alpha value is -3.22. The maximum absolute atomic E-state index is 12.5. The highest BCUT2D eigenvalue weighted by Crippen LogP contribution is 2.38. The molecule has 7 nitrogen and oxygen atoms in total. The van der Waals surface area contributed by atoms with Crippen LogP contribution in [0.3, 0.4) is 0 Å². The van der Waals surface area contributed by atoms with Crippen molar-refractivity contribution >= 4 is 17.4 Å². The van der Waals surface area contributed by atoms with E-state index in [-0.39, 0.29) is 5.91 Å². The number of benzene rings is 1. The van der Waals surface area contributed by atoms with Gasteiger partial charge in [-0.3, -0.25) is 4.79 Å². The maximum Gasteiger partial charge on any atom is 0.257 e. The van der Waals surface area contributed by atoms with Gasteiger partial charge in [-0.15, -0.1) is 0 Å². The largest absolute Gasteiger partial charge is 0.493 e. The summed E-state index contributed by atoms with van der Waals surface area (Å²) in [5.74, 6) is 1.40. The number of rotatable bonds is 5. The van der Waals surface area contributed by atoms with Crippen LogP contribution in [0.1, 0.15) is 10.4 Å². The zero-order chi connectivity index (χ0) is 17.1. The second-order valence-electron chi connectivity index (χ2n) is 4.96. The smallest absolute Gasteiger partial charge is 0.257 e. The number of ether oxygens (including phenoxy) is 3. The third kappa shape index (κ3) is 2.83. The Morgan fingerprint density at radius 2 is 1.79 bits per heavy atom. The van der Waals surface area contributed by atoms with E-state index in [0.717, 1.165) is 5.65 Å². The molecule has 0 saturated carbocycles. The van der Waals surface area contributed by atoms with Crippen LogP contribution in [0.15, 0.2) is 42.7 Å². The standard InChI is InChI=1S/C17H17N3O4/c1-22-12-8-11(9-13(23-2)16(12)24-3)17(21)19-14-10-20-7-5-4-6-15(20)18-14/h4-10H,1-3H3,(H,19,21). The summed E-state index contributed by atoms with van der Waals surface area (Å²) < 4.78 is 17.6. The van der Waals surface area contributed by atoms with E-state index >= 15 is 0 Å². The van der Waals surface area contributed by atoms with Gasteiger partial charge in [0, 0.05) is 11.8 Å². The monoisotopic (exact) mass is 327 g/mol. The molecule has 3 aromatic rings. The van der Waals surface area contributed by atoms with Gasteiger partial charge in [0.15, 0.2) is 17.3 Å². The highest BCUT2D eigenvalue weighted by Gasteiger charge is 2.17. The molecule has 0 aliphatic carbocycles. The van der Waals surface area contributed by atoms with Crippen LogP contribution in [-0.2, 0) is 0 Å². The fourth-order valence-corrected chi connectivity index (χ4v) is 2.40. The van der Waals surface area contributed by atoms with Gasteiger partial charge in [-0.05, 0) is 24.3 Å². The van der Waals surface area contributed by atoms with Crippen LogP contribution < -0.4 is 19.5 Å². The molecule has 1 N–H and O–H groups in total. The Bertz CT molecular complexity index is 830. The number of anilines is 1. The summed E-state index contributed by atoms with van der Waals surface area (Å²) in [5, 5.41) is 2.76. The number of nitrogens with one attached hydrogen (secondary N) is 1. The molecule has 2 heterocycles. The number of carbonyl (C=O) groups is 1. The normalized spacial score (nSPS) is 10.5. The highest BCUT2D eigenvalue weighted by atomic mass is 16.5. The van der Waals surface area contributed by atoms with E-state index in [1.54, 1.807) is 18.3 Å². The van der Waals surface area contributed by atoms with Gasteiger partial charge in [-0.2, -0.15) is 0 Å². The van der Waals surface area contributed by atoms with E-state index in [0.29, 0.717) is 28.6 Å². The van der Waals surface area contributed by atoms with Gasteiger partial charge >= 0.3 is 0 Å². The van der Waals surface area contributed by atoms with Crippen molar-refractivity contribution in [3.05, 3.63) is 48.3 Å². The molecule has 0 bridgehead atoms. The number of hydrogen-bond donors (Lipinski definition) is 1. The number of amides is 1. The maximum atomic E-state index is 12.5. The van der Waals surface area contributed by atoms with Crippen molar-refractivity contribution in [1.82, 2.24) is 9.38 Å². The molecule has 0 aliphatic heterocycles. The quantitative estimate of drug-likeness (QED) is 0.780. The average molecular weight is 327 g/mol. The number of imidazole rings is 1. The Kier molecular flexibility index (Phi) is 4.24. The molecule has 0 unspecified atom stereocenters. The topological polar surface area (TPSA) is 74.1 Å². The minimum atomic E-state index is -0.322. The van der Waals surface area contributed by atoms with Crippen molar-refractivity contribution in [2.75, 3.05) is 26.6 Å². The van der Waals surface area contributed by atoms with Gasteiger partial charge in [0.2, 0.25) is 5.75 Å². The Morgan fingerprint density at radius 3 is 2.38 bits per heavy atom. The lowest BCUT2D eigenvalue weighted by Crippen LogP contribution is -2.12. The van der Waals surface area contributed by atoms with Crippen molar-refractivity contribution < 1.29 is 19.0 Å². The first kappa shape index (κ1) is 15.7. The lowest BCUT2D eigenvalue weighted by Gasteiger charge is -2.13. The van der Waals surface area contributed by atoms with Crippen LogP contribution in [0.25, 0.3) is 5.65 Å². The average Bonchev–Trinajstić information content (AvgIpc) is 3.02. The minimum absolute atomic E-state index is 0.322. The molecule has 0 spiro atoms. The molecule has 3 rings (SSSR count). The number of pyridine rings is 1. The summed E-state index contributed by atoms with van der Waals surface area (Å²) in [7, 11) is 4.51. The molecule has 124 valence electrons. The molecule has 24 heavy (non-hydrogen) atoms. The van der Waals surface area contributed by atoms with E-state index in [1.807, 2.05) is 28.8 Å². The van der Waals surface area contributed by atoms with Crippen LogP contribution in [0.2, 0.25) is 0 Å². The molecule has 0 fully saturated rings. The predicted molar refractivity (Wildman–Crippen MR) is 89.2 cm³/mol. The molecule has 2 aromatic heterocycles. The first-order valence-corrected chi connectivity index (χ1v) is 7.21. The molecular formula is C17H17N3O4. The third-order valence-corrected chi connectivity index (χ3v) is 3.53. The molecule has 0 aliphatic rings. The van der Waals surface area contributed by atoms with Crippen molar-refractivity contribution in [1.29, 1.82) is 0 Å². The van der Waals surface area contributed by atoms with Crippen LogP contribution in [0.4, 0.5) is 5.82 Å². The van der Waals surface area contributed by atoms with E-state index in [2.05, 4.69) is 10.3 Å². The van der Waals surface area contributed by atoms with Gasteiger partial charge in [0.25, 0.3) is 5.91 Å². The fraction of sp³-hybridized carbons (Fsp3) is 0.176. The number of fused-ring (bicyclic) bond motifs is 1. The van der Waals surface area contributed by atoms with Gasteiger partial charge in [0.1, 0.15) is 5.65 Å². The summed E-state index contributed by atoms with van der Waals surface area (Å²) in [6.07, 6.45) is 3.60. The first-order valence-electron chi connectivity index (χ1n) is 7.21. The third-order valence-electron chi connectivity index (χ3n) is 3.53. The molecule has 0 saturated heterocycles. The predicted octanol–water partition coefficient (Wildman–Crippen LogP) is 2.61. The van der Waals surface area contributed by atoms with Gasteiger partial charge in [-0.1, -0.05) is 6.07 Å². The second kappa shape index (κ2) is 6.49. The van der Waals surface area contributed by atoms with E-state index in [1.165, 1.54) is 21.3 Å². The van der Waals surface area contributed by atoms with Gasteiger partial charge in [0.05, 0.1) is 27.5 Å². The lowest BCUT2D eigenvalue weighted by molar-refractivity contribution is 0.102. The first-order chi connectivity index (χ1) is 11.7. The van der Waals surface area contributed by atoms with Crippen LogP contribution >= 0.6 is 0 Å². The lowest BCUT2D eigenvalue weighted by atomic mass is 10.1. The molecule has 0 atom stereocenters. The SMILES string of the molecule is COc1cc(C(=O)Nc2cn3ccccc3n2)cc(OC)c1OC. The van der Waals surface area contributed by atoms with Crippen LogP contribution in [0.5, 0.6) is 17.2 Å². The summed E-state index contributed by atoms with van der Waals surface area (Å²) in [4.78, 5) is 16.9. The summed E-state index contributed by atoms with van der Waals surface area (Å²) in [6.45, 7) is 0. The van der Waals surface area contributed by atoms with Crippen molar-refractivity contribution in [2.24, 2.45) is 0 Å². The minimum Gasteiger partial charge on any atom is -0.493 e. The van der Waals surface area contributed by atoms with Gasteiger partial charge < -0.3 is 23.9 Å². The Morgan fingerprint density at radius 1 is 1.08 bits per heavy atom. The van der Waals surface area contributed by atoms with E-state index in [4.69, 9.17) is 14.2 Å². The zero-order valence-electron chi connectivity index (χ0n) is 13.6. The van der Waals surface area contributed by atoms with E-state index < -0.39 is 0 Å². The van der Waals surface area contributed by atoms with Crippen LogP contribution in [-0.4, -0.2) is 36.6 Å². The number of carbonyl (C=O) groups excluding carboxylic acids is 1.